The summed E-state index contributed by atoms with van der Waals surface area (Å²) in [4.78, 5) is 28.9. The first-order valence-corrected chi connectivity index (χ1v) is 61.3. The highest BCUT2D eigenvalue weighted by Crippen LogP contribution is 2.62. The number of carbonyl (C=O) groups excluding carboxylic acids is 2. The van der Waals surface area contributed by atoms with Gasteiger partial charge in [-0.1, -0.05) is 178 Å². The Hall–Kier alpha value is -4.44. The summed E-state index contributed by atoms with van der Waals surface area (Å²) >= 11 is 0. The van der Waals surface area contributed by atoms with Gasteiger partial charge in [-0.3, -0.25) is 9.59 Å². The Morgan fingerprint density at radius 1 is 0.337 bits per heavy atom. The van der Waals surface area contributed by atoms with E-state index in [-0.39, 0.29) is 46.7 Å². The zero-order valence-corrected chi connectivity index (χ0v) is 81.0. The molecule has 0 aromatic heterocycles. The van der Waals surface area contributed by atoms with Gasteiger partial charge in [0.15, 0.2) is 18.3 Å². The summed E-state index contributed by atoms with van der Waals surface area (Å²) in [5, 5.41) is -1.77. The van der Waals surface area contributed by atoms with Crippen LogP contribution in [0.4, 0.5) is 0 Å². The largest absolute Gasteiger partial charge is 0.543 e. The predicted octanol–water partition coefficient (Wildman–Crippen LogP) is 25.6. The lowest BCUT2D eigenvalue weighted by Crippen LogP contribution is -2.47. The van der Waals surface area contributed by atoms with Crippen molar-refractivity contribution in [2.45, 2.75) is 362 Å². The Bertz CT molecular complexity index is 3780. The fourth-order valence-electron chi connectivity index (χ4n) is 10.3. The summed E-state index contributed by atoms with van der Waals surface area (Å²) in [5.74, 6) is 3.62. The molecule has 0 fully saturated rings. The van der Waals surface area contributed by atoms with Gasteiger partial charge in [-0.25, -0.2) is 0 Å². The van der Waals surface area contributed by atoms with Crippen molar-refractivity contribution in [1.82, 2.24) is 0 Å². The fourth-order valence-corrected chi connectivity index (χ4v) is 18.5. The van der Waals surface area contributed by atoms with Crippen LogP contribution < -0.4 is 44.9 Å². The molecule has 0 bridgehead atoms. The number of rotatable bonds is 21. The van der Waals surface area contributed by atoms with Gasteiger partial charge in [-0.05, 0) is 175 Å². The maximum Gasteiger partial charge on any atom is 0.303 e. The molecule has 586 valence electrons. The van der Waals surface area contributed by atoms with Gasteiger partial charge < -0.3 is 54.4 Å². The molecule has 104 heavy (non-hydrogen) atoms. The molecule has 14 nitrogen and oxygen atoms in total. The summed E-state index contributed by atoms with van der Waals surface area (Å²) in [6.07, 6.45) is -3.92. The highest BCUT2D eigenvalue weighted by molar-refractivity contribution is 6.78. The van der Waals surface area contributed by atoms with E-state index in [2.05, 4.69) is 289 Å². The highest BCUT2D eigenvalue weighted by Gasteiger charge is 2.55. The van der Waals surface area contributed by atoms with E-state index in [0.717, 1.165) is 0 Å². The molecule has 4 aromatic rings. The number of hydrogen-bond donors (Lipinski definition) is 0. The van der Waals surface area contributed by atoms with E-state index in [1.54, 1.807) is 0 Å². The Labute approximate surface area is 639 Å². The third kappa shape index (κ3) is 19.2. The molecule has 2 aliphatic heterocycles. The van der Waals surface area contributed by atoms with Gasteiger partial charge in [0.25, 0.3) is 33.3 Å². The van der Waals surface area contributed by atoms with Crippen LogP contribution in [0.5, 0.6) is 57.5 Å². The Kier molecular flexibility index (Phi) is 24.7. The lowest BCUT2D eigenvalue weighted by atomic mass is 9.77. The number of hydrogen-bond acceptors (Lipinski definition) is 14. The molecular formula is C82H142O14Si8. The van der Waals surface area contributed by atoms with Crippen molar-refractivity contribution in [1.29, 1.82) is 0 Å². The molecule has 5 atom stereocenters. The molecule has 2 aliphatic rings. The average Bonchev–Trinajstić information content (AvgIpc) is 0.712. The molecule has 0 unspecified atom stereocenters. The van der Waals surface area contributed by atoms with Crippen molar-refractivity contribution in [3.8, 4) is 57.5 Å². The summed E-state index contributed by atoms with van der Waals surface area (Å²) < 4.78 is 90.3. The molecule has 0 spiro atoms. The smallest absolute Gasteiger partial charge is 0.303 e. The lowest BCUT2D eigenvalue weighted by Gasteiger charge is -2.46. The third-order valence-electron chi connectivity index (χ3n) is 25.5. The molecular weight excluding hydrogens is 1430 g/mol. The van der Waals surface area contributed by atoms with Crippen molar-refractivity contribution in [3.05, 3.63) is 82.4 Å². The van der Waals surface area contributed by atoms with Gasteiger partial charge in [0, 0.05) is 60.7 Å². The van der Waals surface area contributed by atoms with Crippen molar-refractivity contribution in [2.24, 2.45) is 0 Å². The average molecular weight is 1580 g/mol. The van der Waals surface area contributed by atoms with Crippen LogP contribution in [0, 0.1) is 0 Å². The standard InChI is InChI=1S/C82H142O14Si8/c1-53(83)85-67-51-58-61(92-100(33,34)78(12,13)14)52-66(96-104(41,42)82(24,25)26)69(73(58)88-71(67)55-43-45-59(90-98(29,30)76(6,7)8)62(47-55)93-101(35,36)79(15,16)17)70-68-64(49-57(89-97(27,28)75(3,4)5)50-65(68)95-103(39,40)81(21,22)23)87-72(74(70)86-54(2)84)56-44-46-60(91-99(31,32)77(9,10)11)63(48-56)94-102(37,38)80(18,19)20/h43-50,52,67,70-72,74H,51H2,1-42H3/t67-,70-,71+,72+,74-/m0/s1. The second kappa shape index (κ2) is 29.1. The second-order valence-corrected chi connectivity index (χ2v) is 80.0. The maximum absolute atomic E-state index is 14.9. The van der Waals surface area contributed by atoms with Crippen molar-refractivity contribution in [2.75, 3.05) is 0 Å². The van der Waals surface area contributed by atoms with E-state index >= 15 is 0 Å². The minimum atomic E-state index is -2.94. The number of benzene rings is 4. The van der Waals surface area contributed by atoms with Crippen molar-refractivity contribution >= 4 is 78.5 Å². The number of fused-ring (bicyclic) bond motifs is 2. The van der Waals surface area contributed by atoms with Crippen LogP contribution in [-0.4, -0.2) is 90.7 Å². The van der Waals surface area contributed by atoms with Gasteiger partial charge in [0.1, 0.15) is 63.6 Å². The van der Waals surface area contributed by atoms with Crippen LogP contribution in [0.1, 0.15) is 226 Å². The van der Waals surface area contributed by atoms with Gasteiger partial charge >= 0.3 is 11.9 Å². The minimum Gasteiger partial charge on any atom is -0.543 e. The molecule has 2 heterocycles. The minimum absolute atomic E-state index is 0.134. The van der Waals surface area contributed by atoms with Crippen molar-refractivity contribution < 1.29 is 63.9 Å². The zero-order valence-electron chi connectivity index (χ0n) is 73.0. The van der Waals surface area contributed by atoms with Gasteiger partial charge in [-0.2, -0.15) is 0 Å². The molecule has 22 heteroatoms. The Balaban J connectivity index is 1.99. The van der Waals surface area contributed by atoms with Gasteiger partial charge in [0.2, 0.25) is 33.3 Å². The van der Waals surface area contributed by atoms with Gasteiger partial charge in [0.05, 0.1) is 5.92 Å². The molecule has 0 N–H and O–H groups in total. The van der Waals surface area contributed by atoms with E-state index in [1.807, 2.05) is 36.4 Å². The SMILES string of the molecule is CC(=O)O[C@H]1[C@H](c2c(O[Si](C)(C)C(C)(C)C)cc(O[Si](C)(C)C(C)(C)C)c3c2O[C@H](c2ccc(O[Si](C)(C)C(C)(C)C)c(O[Si](C)(C)C(C)(C)C)c2)[C@@H](OC(C)=O)C3)c2c(cc(O[Si](C)(C)C(C)(C)C)cc2O[Si](C)(C)C(C)(C)C)O[C@@H]1c1ccc(O[Si](C)(C)C(C)(C)C)c(O[Si](C)(C)C(C)(C)C)c1. The van der Waals surface area contributed by atoms with Crippen LogP contribution in [0.3, 0.4) is 0 Å². The van der Waals surface area contributed by atoms with Crippen LogP contribution >= 0.6 is 0 Å². The molecule has 4 aromatic carbocycles. The maximum atomic E-state index is 14.9. The molecule has 0 radical (unpaired) electrons. The van der Waals surface area contributed by atoms with Gasteiger partial charge in [-0.15, -0.1) is 0 Å². The van der Waals surface area contributed by atoms with E-state index < -0.39 is 109 Å². The topological polar surface area (TPSA) is 145 Å². The summed E-state index contributed by atoms with van der Waals surface area (Å²) in [5.41, 5.74) is 3.31. The fraction of sp³-hybridized carbons (Fsp3) is 0.683. The summed E-state index contributed by atoms with van der Waals surface area (Å²) in [7, 11) is -21.3. The Morgan fingerprint density at radius 3 is 0.990 bits per heavy atom. The van der Waals surface area contributed by atoms with E-state index in [1.165, 1.54) is 13.8 Å². The number of carbonyl (C=O) groups is 2. The van der Waals surface area contributed by atoms with Crippen LogP contribution in [0.2, 0.25) is 145 Å². The predicted molar refractivity (Wildman–Crippen MR) is 452 cm³/mol. The number of esters is 2. The van der Waals surface area contributed by atoms with E-state index in [9.17, 15) is 9.59 Å². The Morgan fingerprint density at radius 2 is 0.644 bits per heavy atom. The first-order chi connectivity index (χ1) is 46.2. The van der Waals surface area contributed by atoms with Crippen molar-refractivity contribution in [3.63, 3.8) is 0 Å². The third-order valence-corrected chi connectivity index (χ3v) is 60.3. The quantitative estimate of drug-likeness (QED) is 0.0576. The van der Waals surface area contributed by atoms with Crippen LogP contribution in [0.15, 0.2) is 54.6 Å². The molecule has 0 saturated heterocycles. The monoisotopic (exact) mass is 1570 g/mol. The molecule has 0 saturated carbocycles. The first-order valence-electron chi connectivity index (χ1n) is 38.1. The van der Waals surface area contributed by atoms with E-state index in [0.29, 0.717) is 85.3 Å². The van der Waals surface area contributed by atoms with Crippen LogP contribution in [-0.2, 0) is 25.5 Å². The normalized spacial score (nSPS) is 18.8. The highest BCUT2D eigenvalue weighted by atomic mass is 28.4. The van der Waals surface area contributed by atoms with E-state index in [4.69, 9.17) is 54.4 Å². The summed E-state index contributed by atoms with van der Waals surface area (Å²) in [6.45, 7) is 92.6. The molecule has 0 amide bonds. The zero-order chi connectivity index (χ0) is 80.3. The van der Waals surface area contributed by atoms with Crippen LogP contribution in [0.25, 0.3) is 0 Å². The molecule has 6 rings (SSSR count). The lowest BCUT2D eigenvalue weighted by molar-refractivity contribution is -0.154. The number of ether oxygens (including phenoxy) is 4. The summed E-state index contributed by atoms with van der Waals surface area (Å²) in [6, 6.07) is 18.4. The first kappa shape index (κ1) is 88.5. The molecule has 0 aliphatic carbocycles. The second-order valence-electron chi connectivity index (χ2n) is 42.2.